The van der Waals surface area contributed by atoms with Crippen molar-refractivity contribution in [3.05, 3.63) is 42.2 Å². The van der Waals surface area contributed by atoms with Crippen LogP contribution in [0, 0.1) is 5.92 Å². The summed E-state index contributed by atoms with van der Waals surface area (Å²) in [5.41, 5.74) is -0.337. The number of rotatable bonds is 6. The summed E-state index contributed by atoms with van der Waals surface area (Å²) in [6.45, 7) is 4.05. The Labute approximate surface area is 172 Å². The fourth-order valence-electron chi connectivity index (χ4n) is 3.47. The standard InChI is InChI=1S/C20H24F3N5O2/c1-14-4-3-7-27(10-14)12-18(29)26-17-9-24-28(11-17)13-19(30)25-16-6-2-5-15(8-16)20(21,22)23/h2,5-6,8-9,11,14H,3-4,7,10,12-13H2,1H3,(H,25,30)(H,26,29)/t14-/m1/s1. The lowest BCUT2D eigenvalue weighted by molar-refractivity contribution is -0.137. The molecular weight excluding hydrogens is 399 g/mol. The lowest BCUT2D eigenvalue weighted by Gasteiger charge is -2.30. The molecule has 0 unspecified atom stereocenters. The minimum Gasteiger partial charge on any atom is -0.324 e. The molecule has 162 valence electrons. The molecule has 1 atom stereocenters. The maximum atomic E-state index is 12.8. The number of amides is 2. The van der Waals surface area contributed by atoms with Gasteiger partial charge in [0.25, 0.3) is 0 Å². The van der Waals surface area contributed by atoms with Gasteiger partial charge in [-0.1, -0.05) is 13.0 Å². The van der Waals surface area contributed by atoms with Crippen molar-refractivity contribution in [2.75, 3.05) is 30.3 Å². The highest BCUT2D eigenvalue weighted by Gasteiger charge is 2.30. The number of hydrogen-bond acceptors (Lipinski definition) is 4. The summed E-state index contributed by atoms with van der Waals surface area (Å²) >= 11 is 0. The molecule has 2 amide bonds. The van der Waals surface area contributed by atoms with Gasteiger partial charge in [0, 0.05) is 18.4 Å². The SMILES string of the molecule is C[C@@H]1CCCN(CC(=O)Nc2cnn(CC(=O)Nc3cccc(C(F)(F)F)c3)c2)C1. The molecule has 2 N–H and O–H groups in total. The molecule has 3 rings (SSSR count). The normalized spacial score (nSPS) is 17.5. The van der Waals surface area contributed by atoms with Crippen molar-refractivity contribution in [1.82, 2.24) is 14.7 Å². The van der Waals surface area contributed by atoms with Crippen LogP contribution in [0.4, 0.5) is 24.5 Å². The first-order chi connectivity index (χ1) is 14.2. The van der Waals surface area contributed by atoms with Crippen LogP contribution in [0.1, 0.15) is 25.3 Å². The Morgan fingerprint density at radius 3 is 2.63 bits per heavy atom. The first-order valence-corrected chi connectivity index (χ1v) is 9.71. The highest BCUT2D eigenvalue weighted by Crippen LogP contribution is 2.30. The number of anilines is 2. The average Bonchev–Trinajstić information content (AvgIpc) is 3.07. The molecule has 1 aromatic carbocycles. The van der Waals surface area contributed by atoms with Gasteiger partial charge in [-0.3, -0.25) is 19.2 Å². The number of nitrogens with zero attached hydrogens (tertiary/aromatic N) is 3. The van der Waals surface area contributed by atoms with Gasteiger partial charge in [-0.25, -0.2) is 0 Å². The van der Waals surface area contributed by atoms with Crippen molar-refractivity contribution < 1.29 is 22.8 Å². The van der Waals surface area contributed by atoms with Crippen LogP contribution in [0.25, 0.3) is 0 Å². The molecule has 30 heavy (non-hydrogen) atoms. The molecule has 2 aromatic rings. The van der Waals surface area contributed by atoms with Crippen LogP contribution in [0.5, 0.6) is 0 Å². The minimum atomic E-state index is -4.48. The smallest absolute Gasteiger partial charge is 0.324 e. The number of alkyl halides is 3. The zero-order valence-corrected chi connectivity index (χ0v) is 16.6. The Kier molecular flexibility index (Phi) is 6.76. The molecule has 1 aliphatic heterocycles. The molecule has 0 aliphatic carbocycles. The zero-order valence-electron chi connectivity index (χ0n) is 16.6. The van der Waals surface area contributed by atoms with E-state index in [-0.39, 0.29) is 18.1 Å². The number of aromatic nitrogens is 2. The van der Waals surface area contributed by atoms with E-state index in [1.165, 1.54) is 35.6 Å². The molecule has 0 bridgehead atoms. The predicted molar refractivity (Wildman–Crippen MR) is 106 cm³/mol. The van der Waals surface area contributed by atoms with E-state index < -0.39 is 17.6 Å². The number of likely N-dealkylation sites (tertiary alicyclic amines) is 1. The monoisotopic (exact) mass is 423 g/mol. The molecule has 1 fully saturated rings. The van der Waals surface area contributed by atoms with Crippen molar-refractivity contribution in [1.29, 1.82) is 0 Å². The zero-order chi connectivity index (χ0) is 21.7. The van der Waals surface area contributed by atoms with Gasteiger partial charge in [-0.05, 0) is 43.5 Å². The predicted octanol–water partition coefficient (Wildman–Crippen LogP) is 3.21. The van der Waals surface area contributed by atoms with Crippen molar-refractivity contribution in [2.45, 2.75) is 32.5 Å². The second kappa shape index (κ2) is 9.29. The third kappa shape index (κ3) is 6.31. The molecule has 7 nitrogen and oxygen atoms in total. The largest absolute Gasteiger partial charge is 0.416 e. The molecule has 0 radical (unpaired) electrons. The number of piperidine rings is 1. The quantitative estimate of drug-likeness (QED) is 0.748. The van der Waals surface area contributed by atoms with Crippen LogP contribution < -0.4 is 10.6 Å². The number of nitrogens with one attached hydrogen (secondary N) is 2. The first kappa shape index (κ1) is 21.8. The van der Waals surface area contributed by atoms with Crippen LogP contribution in [0.3, 0.4) is 0 Å². The molecule has 10 heteroatoms. The number of benzene rings is 1. The minimum absolute atomic E-state index is 0.0475. The second-order valence-electron chi connectivity index (χ2n) is 7.58. The van der Waals surface area contributed by atoms with Crippen LogP contribution in [-0.2, 0) is 22.3 Å². The Balaban J connectivity index is 1.50. The summed E-state index contributed by atoms with van der Waals surface area (Å²) in [4.78, 5) is 26.4. The van der Waals surface area contributed by atoms with E-state index in [0.717, 1.165) is 31.6 Å². The van der Waals surface area contributed by atoms with Gasteiger partial charge in [0.05, 0.1) is 24.0 Å². The first-order valence-electron chi connectivity index (χ1n) is 9.71. The molecule has 0 spiro atoms. The van der Waals surface area contributed by atoms with E-state index in [1.54, 1.807) is 0 Å². The van der Waals surface area contributed by atoms with Crippen molar-refractivity contribution in [3.63, 3.8) is 0 Å². The Morgan fingerprint density at radius 2 is 1.90 bits per heavy atom. The van der Waals surface area contributed by atoms with E-state index in [1.807, 2.05) is 0 Å². The molecule has 0 saturated carbocycles. The van der Waals surface area contributed by atoms with Gasteiger partial charge >= 0.3 is 6.18 Å². The highest BCUT2D eigenvalue weighted by atomic mass is 19.4. The average molecular weight is 423 g/mol. The Hall–Kier alpha value is -2.88. The van der Waals surface area contributed by atoms with Crippen LogP contribution >= 0.6 is 0 Å². The van der Waals surface area contributed by atoms with Gasteiger partial charge in [-0.2, -0.15) is 18.3 Å². The highest BCUT2D eigenvalue weighted by molar-refractivity contribution is 5.92. The van der Waals surface area contributed by atoms with E-state index >= 15 is 0 Å². The van der Waals surface area contributed by atoms with Crippen LogP contribution in [-0.4, -0.2) is 46.1 Å². The van der Waals surface area contributed by atoms with Gasteiger partial charge in [-0.15, -0.1) is 0 Å². The molecule has 1 aromatic heterocycles. The van der Waals surface area contributed by atoms with E-state index in [0.29, 0.717) is 18.2 Å². The van der Waals surface area contributed by atoms with Crippen LogP contribution in [0.2, 0.25) is 0 Å². The fraction of sp³-hybridized carbons (Fsp3) is 0.450. The van der Waals surface area contributed by atoms with Gasteiger partial charge in [0.2, 0.25) is 11.8 Å². The molecule has 1 saturated heterocycles. The van der Waals surface area contributed by atoms with E-state index in [2.05, 4.69) is 27.6 Å². The fourth-order valence-corrected chi connectivity index (χ4v) is 3.47. The van der Waals surface area contributed by atoms with Gasteiger partial charge in [0.15, 0.2) is 0 Å². The summed E-state index contributed by atoms with van der Waals surface area (Å²) in [5, 5.41) is 9.18. The number of carbonyl (C=O) groups is 2. The third-order valence-electron chi connectivity index (χ3n) is 4.80. The number of hydrogen-bond donors (Lipinski definition) is 2. The van der Waals surface area contributed by atoms with Crippen LogP contribution in [0.15, 0.2) is 36.7 Å². The summed E-state index contributed by atoms with van der Waals surface area (Å²) in [6, 6.07) is 4.41. The van der Waals surface area contributed by atoms with Gasteiger partial charge in [0.1, 0.15) is 6.54 Å². The lowest BCUT2D eigenvalue weighted by atomic mass is 10.0. The second-order valence-corrected chi connectivity index (χ2v) is 7.58. The summed E-state index contributed by atoms with van der Waals surface area (Å²) in [7, 11) is 0. The maximum absolute atomic E-state index is 12.8. The van der Waals surface area contributed by atoms with Crippen molar-refractivity contribution in [3.8, 4) is 0 Å². The summed E-state index contributed by atoms with van der Waals surface area (Å²) in [5.74, 6) is -0.112. The molecule has 1 aliphatic rings. The maximum Gasteiger partial charge on any atom is 0.416 e. The Morgan fingerprint density at radius 1 is 1.17 bits per heavy atom. The van der Waals surface area contributed by atoms with Gasteiger partial charge < -0.3 is 10.6 Å². The van der Waals surface area contributed by atoms with E-state index in [4.69, 9.17) is 0 Å². The number of carbonyl (C=O) groups excluding carboxylic acids is 2. The van der Waals surface area contributed by atoms with Crippen molar-refractivity contribution in [2.24, 2.45) is 5.92 Å². The molecule has 2 heterocycles. The topological polar surface area (TPSA) is 79.3 Å². The Bertz CT molecular complexity index is 897. The van der Waals surface area contributed by atoms with Crippen molar-refractivity contribution >= 4 is 23.2 Å². The molecular formula is C20H24F3N5O2. The third-order valence-corrected chi connectivity index (χ3v) is 4.80. The summed E-state index contributed by atoms with van der Waals surface area (Å²) < 4.78 is 39.6. The summed E-state index contributed by atoms with van der Waals surface area (Å²) in [6.07, 6.45) is 0.694. The number of halogens is 3. The van der Waals surface area contributed by atoms with E-state index in [9.17, 15) is 22.8 Å². The lowest BCUT2D eigenvalue weighted by Crippen LogP contribution is -2.39.